The Hall–Kier alpha value is -2.87. The van der Waals surface area contributed by atoms with Crippen molar-refractivity contribution in [2.75, 3.05) is 18.5 Å². The van der Waals surface area contributed by atoms with Crippen molar-refractivity contribution < 1.29 is 19.1 Å². The van der Waals surface area contributed by atoms with E-state index in [1.54, 1.807) is 35.9 Å². The van der Waals surface area contributed by atoms with Crippen molar-refractivity contribution in [3.63, 3.8) is 0 Å². The number of anilines is 1. The zero-order chi connectivity index (χ0) is 17.8. The zero-order valence-corrected chi connectivity index (χ0v) is 14.2. The van der Waals surface area contributed by atoms with Gasteiger partial charge in [-0.1, -0.05) is 0 Å². The fourth-order valence-corrected chi connectivity index (χ4v) is 2.68. The molecule has 1 amide bonds. The average Bonchev–Trinajstić information content (AvgIpc) is 2.91. The number of aryl methyl sites for hydroxylation is 1. The third kappa shape index (κ3) is 3.80. The van der Waals surface area contributed by atoms with Gasteiger partial charge in [-0.3, -0.25) is 9.48 Å². The van der Waals surface area contributed by atoms with Crippen molar-refractivity contribution >= 4 is 17.9 Å². The lowest BCUT2D eigenvalue weighted by Crippen LogP contribution is -2.24. The number of carbonyl (C=O) groups is 2. The third-order valence-corrected chi connectivity index (χ3v) is 3.88. The zero-order valence-electron chi connectivity index (χ0n) is 14.2. The Labute approximate surface area is 145 Å². The van der Waals surface area contributed by atoms with E-state index in [2.05, 4.69) is 15.7 Å². The summed E-state index contributed by atoms with van der Waals surface area (Å²) in [5.41, 5.74) is 2.48. The van der Waals surface area contributed by atoms with E-state index in [9.17, 15) is 9.59 Å². The number of ether oxygens (including phenoxy) is 2. The van der Waals surface area contributed by atoms with E-state index in [0.29, 0.717) is 23.7 Å². The number of amides is 1. The van der Waals surface area contributed by atoms with Crippen LogP contribution in [0.15, 0.2) is 24.3 Å². The number of aromatic nitrogens is 2. The molecular weight excluding hydrogens is 324 g/mol. The van der Waals surface area contributed by atoms with Crippen LogP contribution in [0.25, 0.3) is 0 Å². The summed E-state index contributed by atoms with van der Waals surface area (Å²) < 4.78 is 11.4. The normalized spacial score (nSPS) is 13.0. The molecule has 0 saturated carbocycles. The minimum atomic E-state index is -0.770. The quantitative estimate of drug-likeness (QED) is 0.649. The molecule has 8 heteroatoms. The predicted molar refractivity (Wildman–Crippen MR) is 90.7 cm³/mol. The Morgan fingerprint density at radius 1 is 1.32 bits per heavy atom. The second kappa shape index (κ2) is 7.35. The molecule has 0 unspecified atom stereocenters. The van der Waals surface area contributed by atoms with Crippen molar-refractivity contribution in [1.29, 1.82) is 0 Å². The van der Waals surface area contributed by atoms with Gasteiger partial charge >= 0.3 is 6.16 Å². The molecule has 2 N–H and O–H groups in total. The van der Waals surface area contributed by atoms with Crippen LogP contribution in [-0.4, -0.2) is 35.0 Å². The van der Waals surface area contributed by atoms with Gasteiger partial charge in [-0.2, -0.15) is 5.10 Å². The molecule has 0 fully saturated rings. The molecule has 8 nitrogen and oxygen atoms in total. The fraction of sp³-hybridized carbons (Fsp3) is 0.353. The number of carbonyl (C=O) groups excluding carboxylic acids is 2. The summed E-state index contributed by atoms with van der Waals surface area (Å²) >= 11 is 0. The second-order valence-electron chi connectivity index (χ2n) is 5.59. The molecule has 132 valence electrons. The van der Waals surface area contributed by atoms with Gasteiger partial charge in [-0.05, 0) is 31.2 Å². The third-order valence-electron chi connectivity index (χ3n) is 3.88. The van der Waals surface area contributed by atoms with Gasteiger partial charge in [0.1, 0.15) is 11.6 Å². The van der Waals surface area contributed by atoms with Crippen molar-refractivity contribution in [3.8, 4) is 5.75 Å². The van der Waals surface area contributed by atoms with Crippen LogP contribution < -0.4 is 15.4 Å². The van der Waals surface area contributed by atoms with Gasteiger partial charge in [-0.25, -0.2) is 4.79 Å². The van der Waals surface area contributed by atoms with Crippen LogP contribution in [0.2, 0.25) is 0 Å². The first-order valence-electron chi connectivity index (χ1n) is 8.10. The highest BCUT2D eigenvalue weighted by atomic mass is 16.7. The van der Waals surface area contributed by atoms with Crippen molar-refractivity contribution in [3.05, 3.63) is 41.1 Å². The Morgan fingerprint density at radius 3 is 2.80 bits per heavy atom. The smallest absolute Gasteiger partial charge is 0.434 e. The van der Waals surface area contributed by atoms with E-state index in [0.717, 1.165) is 24.2 Å². The summed E-state index contributed by atoms with van der Waals surface area (Å²) in [5.74, 6) is 0.759. The highest BCUT2D eigenvalue weighted by molar-refractivity contribution is 6.04. The van der Waals surface area contributed by atoms with Gasteiger partial charge in [0.15, 0.2) is 0 Å². The number of nitrogens with one attached hydrogen (secondary N) is 2. The maximum absolute atomic E-state index is 12.5. The van der Waals surface area contributed by atoms with E-state index in [1.165, 1.54) is 0 Å². The predicted octanol–water partition coefficient (Wildman–Crippen LogP) is 1.85. The molecule has 25 heavy (non-hydrogen) atoms. The van der Waals surface area contributed by atoms with Crippen molar-refractivity contribution in [1.82, 2.24) is 15.1 Å². The van der Waals surface area contributed by atoms with Gasteiger partial charge in [-0.15, -0.1) is 0 Å². The van der Waals surface area contributed by atoms with Gasteiger partial charge < -0.3 is 20.1 Å². The molecule has 0 spiro atoms. The minimum Gasteiger partial charge on any atom is -0.434 e. The summed E-state index contributed by atoms with van der Waals surface area (Å²) in [6.07, 6.45) is 0.0765. The Bertz CT molecular complexity index is 783. The lowest BCUT2D eigenvalue weighted by atomic mass is 10.1. The van der Waals surface area contributed by atoms with Crippen molar-refractivity contribution in [2.24, 2.45) is 7.05 Å². The lowest BCUT2D eigenvalue weighted by Gasteiger charge is -2.13. The molecule has 0 atom stereocenters. The molecule has 1 aliphatic heterocycles. The molecule has 1 aromatic carbocycles. The van der Waals surface area contributed by atoms with Crippen LogP contribution in [0, 0.1) is 0 Å². The number of benzene rings is 1. The summed E-state index contributed by atoms with van der Waals surface area (Å²) in [6.45, 7) is 3.51. The largest absolute Gasteiger partial charge is 0.513 e. The molecule has 0 saturated heterocycles. The Morgan fingerprint density at radius 2 is 2.08 bits per heavy atom. The van der Waals surface area contributed by atoms with E-state index in [4.69, 9.17) is 9.47 Å². The highest BCUT2D eigenvalue weighted by Gasteiger charge is 2.20. The van der Waals surface area contributed by atoms with E-state index < -0.39 is 6.16 Å². The first-order valence-corrected chi connectivity index (χ1v) is 8.10. The molecule has 1 aliphatic rings. The molecule has 3 rings (SSSR count). The molecular formula is C17H20N4O4. The molecule has 2 heterocycles. The van der Waals surface area contributed by atoms with Crippen LogP contribution >= 0.6 is 0 Å². The summed E-state index contributed by atoms with van der Waals surface area (Å²) in [7, 11) is 1.81. The monoisotopic (exact) mass is 344 g/mol. The van der Waals surface area contributed by atoms with Gasteiger partial charge in [0, 0.05) is 37.7 Å². The van der Waals surface area contributed by atoms with Crippen molar-refractivity contribution in [2.45, 2.75) is 19.9 Å². The molecule has 0 bridgehead atoms. The summed E-state index contributed by atoms with van der Waals surface area (Å²) in [5, 5.41) is 10.6. The fourth-order valence-electron chi connectivity index (χ4n) is 2.68. The number of hydrogen-bond donors (Lipinski definition) is 2. The maximum Gasteiger partial charge on any atom is 0.513 e. The van der Waals surface area contributed by atoms with Crippen LogP contribution in [0.5, 0.6) is 5.75 Å². The van der Waals surface area contributed by atoms with E-state index in [-0.39, 0.29) is 12.5 Å². The topological polar surface area (TPSA) is 94.5 Å². The molecule has 2 aromatic rings. The first kappa shape index (κ1) is 17.0. The second-order valence-corrected chi connectivity index (χ2v) is 5.59. The standard InChI is InChI=1S/C17H20N4O4/c1-3-24-17(23)25-12-6-4-11(5-7-12)16(22)19-15-13-10-18-9-8-14(13)20-21(15)2/h4-7,18H,3,8-10H2,1-2H3,(H,19,22). The Kier molecular flexibility index (Phi) is 4.99. The highest BCUT2D eigenvalue weighted by Crippen LogP contribution is 2.23. The van der Waals surface area contributed by atoms with Gasteiger partial charge in [0.05, 0.1) is 12.3 Å². The number of rotatable bonds is 4. The molecule has 0 aliphatic carbocycles. The summed E-state index contributed by atoms with van der Waals surface area (Å²) in [4.78, 5) is 23.8. The summed E-state index contributed by atoms with van der Waals surface area (Å²) in [6, 6.07) is 6.27. The van der Waals surface area contributed by atoms with Crippen LogP contribution in [-0.2, 0) is 24.8 Å². The lowest BCUT2D eigenvalue weighted by molar-refractivity contribution is 0.102. The number of hydrogen-bond acceptors (Lipinski definition) is 6. The van der Waals surface area contributed by atoms with Gasteiger partial charge in [0.2, 0.25) is 0 Å². The van der Waals surface area contributed by atoms with E-state index in [1.807, 2.05) is 7.05 Å². The van der Waals surface area contributed by atoms with Crippen LogP contribution in [0.3, 0.4) is 0 Å². The van der Waals surface area contributed by atoms with Crippen LogP contribution in [0.1, 0.15) is 28.5 Å². The number of fused-ring (bicyclic) bond motifs is 1. The SMILES string of the molecule is CCOC(=O)Oc1ccc(C(=O)Nc2c3c(nn2C)CCNC3)cc1. The Balaban J connectivity index is 1.70. The molecule has 0 radical (unpaired) electrons. The molecule has 1 aromatic heterocycles. The maximum atomic E-state index is 12.5. The average molecular weight is 344 g/mol. The minimum absolute atomic E-state index is 0.239. The number of nitrogens with zero attached hydrogens (tertiary/aromatic N) is 2. The van der Waals surface area contributed by atoms with Gasteiger partial charge in [0.25, 0.3) is 5.91 Å². The van der Waals surface area contributed by atoms with E-state index >= 15 is 0 Å². The van der Waals surface area contributed by atoms with Crippen LogP contribution in [0.4, 0.5) is 10.6 Å². The first-order chi connectivity index (χ1) is 12.1.